The van der Waals surface area contributed by atoms with Gasteiger partial charge in [0.15, 0.2) is 0 Å². The molecular formula is C13H10BrClFNO. The summed E-state index contributed by atoms with van der Waals surface area (Å²) in [5.74, 6) is 0.846. The lowest BCUT2D eigenvalue weighted by Gasteiger charge is -2.09. The highest BCUT2D eigenvalue weighted by Gasteiger charge is 2.07. The lowest BCUT2D eigenvalue weighted by molar-refractivity contribution is 0.453. The van der Waals surface area contributed by atoms with Crippen molar-refractivity contribution in [2.24, 2.45) is 0 Å². The number of nitrogens with zero attached hydrogens (tertiary/aromatic N) is 1. The standard InChI is InChI=1S/C13H10BrClFNO/c1-8-9(7-15)2-5-13(17-8)18-12-6-10(16)3-4-11(12)14/h2-6H,7H2,1H3. The number of halogens is 3. The van der Waals surface area contributed by atoms with Crippen molar-refractivity contribution in [3.05, 3.63) is 51.9 Å². The fourth-order valence-electron chi connectivity index (χ4n) is 1.43. The summed E-state index contributed by atoms with van der Waals surface area (Å²) in [5, 5.41) is 0. The van der Waals surface area contributed by atoms with Gasteiger partial charge in [0.25, 0.3) is 0 Å². The van der Waals surface area contributed by atoms with Crippen LogP contribution in [0.3, 0.4) is 0 Å². The van der Waals surface area contributed by atoms with Gasteiger partial charge in [0.05, 0.1) is 4.47 Å². The van der Waals surface area contributed by atoms with E-state index in [1.165, 1.54) is 12.1 Å². The van der Waals surface area contributed by atoms with Crippen molar-refractivity contribution in [1.29, 1.82) is 0 Å². The molecule has 0 amide bonds. The molecule has 2 rings (SSSR count). The molecule has 0 N–H and O–H groups in total. The Morgan fingerprint density at radius 1 is 1.33 bits per heavy atom. The van der Waals surface area contributed by atoms with E-state index >= 15 is 0 Å². The average molecular weight is 331 g/mol. The molecule has 1 aromatic carbocycles. The van der Waals surface area contributed by atoms with Gasteiger partial charge in [-0.3, -0.25) is 0 Å². The van der Waals surface area contributed by atoms with Crippen LogP contribution in [-0.2, 0) is 5.88 Å². The SMILES string of the molecule is Cc1nc(Oc2cc(F)ccc2Br)ccc1CCl. The van der Waals surface area contributed by atoms with Crippen molar-refractivity contribution in [3.8, 4) is 11.6 Å². The Hall–Kier alpha value is -1.13. The van der Waals surface area contributed by atoms with Gasteiger partial charge in [0.1, 0.15) is 11.6 Å². The number of aromatic nitrogens is 1. The molecule has 18 heavy (non-hydrogen) atoms. The van der Waals surface area contributed by atoms with Crippen LogP contribution in [0.1, 0.15) is 11.3 Å². The van der Waals surface area contributed by atoms with E-state index in [2.05, 4.69) is 20.9 Å². The lowest BCUT2D eigenvalue weighted by Crippen LogP contribution is -1.94. The van der Waals surface area contributed by atoms with Crippen LogP contribution in [0, 0.1) is 12.7 Å². The zero-order chi connectivity index (χ0) is 13.1. The minimum atomic E-state index is -0.359. The number of hydrogen-bond acceptors (Lipinski definition) is 2. The van der Waals surface area contributed by atoms with Crippen LogP contribution in [0.15, 0.2) is 34.8 Å². The molecule has 0 atom stereocenters. The third-order valence-electron chi connectivity index (χ3n) is 2.42. The molecule has 1 heterocycles. The number of aryl methyl sites for hydroxylation is 1. The van der Waals surface area contributed by atoms with Crippen LogP contribution in [0.5, 0.6) is 11.6 Å². The Balaban J connectivity index is 2.28. The highest BCUT2D eigenvalue weighted by molar-refractivity contribution is 9.10. The Bertz CT molecular complexity index is 577. The monoisotopic (exact) mass is 329 g/mol. The van der Waals surface area contributed by atoms with E-state index in [1.54, 1.807) is 12.1 Å². The van der Waals surface area contributed by atoms with Crippen molar-refractivity contribution in [3.63, 3.8) is 0 Å². The fourth-order valence-corrected chi connectivity index (χ4v) is 2.04. The molecule has 94 valence electrons. The van der Waals surface area contributed by atoms with E-state index in [0.717, 1.165) is 11.3 Å². The van der Waals surface area contributed by atoms with E-state index < -0.39 is 0 Å². The largest absolute Gasteiger partial charge is 0.438 e. The fraction of sp³-hybridized carbons (Fsp3) is 0.154. The van der Waals surface area contributed by atoms with E-state index in [1.807, 2.05) is 13.0 Å². The van der Waals surface area contributed by atoms with Crippen LogP contribution >= 0.6 is 27.5 Å². The molecule has 0 aliphatic rings. The molecule has 0 unspecified atom stereocenters. The number of rotatable bonds is 3. The predicted octanol–water partition coefficient (Wildman–Crippen LogP) is 4.82. The van der Waals surface area contributed by atoms with Gasteiger partial charge in [0, 0.05) is 23.7 Å². The van der Waals surface area contributed by atoms with Crippen molar-refractivity contribution < 1.29 is 9.13 Å². The summed E-state index contributed by atoms with van der Waals surface area (Å²) >= 11 is 9.05. The van der Waals surface area contributed by atoms with Crippen LogP contribution in [0.2, 0.25) is 0 Å². The van der Waals surface area contributed by atoms with Gasteiger partial charge in [-0.25, -0.2) is 9.37 Å². The molecule has 1 aromatic heterocycles. The van der Waals surface area contributed by atoms with E-state index in [4.69, 9.17) is 16.3 Å². The third-order valence-corrected chi connectivity index (χ3v) is 3.36. The highest BCUT2D eigenvalue weighted by atomic mass is 79.9. The number of alkyl halides is 1. The van der Waals surface area contributed by atoms with E-state index in [9.17, 15) is 4.39 Å². The molecule has 2 aromatic rings. The van der Waals surface area contributed by atoms with Gasteiger partial charge >= 0.3 is 0 Å². The summed E-state index contributed by atoms with van der Waals surface area (Å²) < 4.78 is 19.3. The van der Waals surface area contributed by atoms with Crippen molar-refractivity contribution >= 4 is 27.5 Å². The number of hydrogen-bond donors (Lipinski definition) is 0. The van der Waals surface area contributed by atoms with Crippen molar-refractivity contribution in [2.75, 3.05) is 0 Å². The molecule has 0 aliphatic heterocycles. The first-order chi connectivity index (χ1) is 8.60. The second-order valence-electron chi connectivity index (χ2n) is 3.70. The Kier molecular flexibility index (Phi) is 4.19. The van der Waals surface area contributed by atoms with Crippen LogP contribution in [0.4, 0.5) is 4.39 Å². The minimum absolute atomic E-state index is 0.359. The van der Waals surface area contributed by atoms with Gasteiger partial charge in [-0.1, -0.05) is 6.07 Å². The lowest BCUT2D eigenvalue weighted by atomic mass is 10.2. The number of pyridine rings is 1. The molecular weight excluding hydrogens is 321 g/mol. The van der Waals surface area contributed by atoms with Crippen LogP contribution in [0.25, 0.3) is 0 Å². The summed E-state index contributed by atoms with van der Waals surface area (Å²) in [6.45, 7) is 1.85. The highest BCUT2D eigenvalue weighted by Crippen LogP contribution is 2.29. The summed E-state index contributed by atoms with van der Waals surface area (Å²) in [5.41, 5.74) is 1.75. The molecule has 2 nitrogen and oxygen atoms in total. The summed E-state index contributed by atoms with van der Waals surface area (Å²) in [4.78, 5) is 4.26. The van der Waals surface area contributed by atoms with Gasteiger partial charge < -0.3 is 4.74 Å². The second-order valence-corrected chi connectivity index (χ2v) is 4.83. The summed E-state index contributed by atoms with van der Waals surface area (Å²) in [6.07, 6.45) is 0. The molecule has 5 heteroatoms. The minimum Gasteiger partial charge on any atom is -0.438 e. The Morgan fingerprint density at radius 3 is 2.78 bits per heavy atom. The summed E-state index contributed by atoms with van der Waals surface area (Å²) in [6, 6.07) is 7.80. The third kappa shape index (κ3) is 3.00. The smallest absolute Gasteiger partial charge is 0.219 e. The molecule has 0 radical (unpaired) electrons. The maximum Gasteiger partial charge on any atom is 0.219 e. The van der Waals surface area contributed by atoms with Gasteiger partial charge in [-0.05, 0) is 40.5 Å². The zero-order valence-electron chi connectivity index (χ0n) is 9.58. The normalized spacial score (nSPS) is 10.4. The van der Waals surface area contributed by atoms with Crippen molar-refractivity contribution in [1.82, 2.24) is 4.98 Å². The zero-order valence-corrected chi connectivity index (χ0v) is 11.9. The maximum atomic E-state index is 13.1. The molecule has 0 bridgehead atoms. The van der Waals surface area contributed by atoms with Crippen LogP contribution < -0.4 is 4.74 Å². The Labute approximate surface area is 118 Å². The maximum absolute atomic E-state index is 13.1. The summed E-state index contributed by atoms with van der Waals surface area (Å²) in [7, 11) is 0. The molecule has 0 saturated carbocycles. The van der Waals surface area contributed by atoms with Gasteiger partial charge in [-0.2, -0.15) is 0 Å². The first-order valence-electron chi connectivity index (χ1n) is 5.25. The topological polar surface area (TPSA) is 22.1 Å². The van der Waals surface area contributed by atoms with Gasteiger partial charge in [0.2, 0.25) is 5.88 Å². The number of benzene rings is 1. The van der Waals surface area contributed by atoms with Gasteiger partial charge in [-0.15, -0.1) is 11.6 Å². The molecule has 0 saturated heterocycles. The first kappa shape index (κ1) is 13.3. The van der Waals surface area contributed by atoms with E-state index in [0.29, 0.717) is 22.0 Å². The van der Waals surface area contributed by atoms with Crippen molar-refractivity contribution in [2.45, 2.75) is 12.8 Å². The van der Waals surface area contributed by atoms with Crippen LogP contribution in [-0.4, -0.2) is 4.98 Å². The molecule has 0 aliphatic carbocycles. The second kappa shape index (κ2) is 5.67. The molecule has 0 spiro atoms. The quantitative estimate of drug-likeness (QED) is 0.753. The Morgan fingerprint density at radius 2 is 2.11 bits per heavy atom. The number of ether oxygens (including phenoxy) is 1. The van der Waals surface area contributed by atoms with E-state index in [-0.39, 0.29) is 5.82 Å². The first-order valence-corrected chi connectivity index (χ1v) is 6.58. The average Bonchev–Trinajstić information content (AvgIpc) is 2.34. The predicted molar refractivity (Wildman–Crippen MR) is 72.7 cm³/mol. The molecule has 0 fully saturated rings.